The average molecular weight is 245 g/mol. The van der Waals surface area contributed by atoms with E-state index in [2.05, 4.69) is 6.58 Å². The molecule has 1 fully saturated rings. The fraction of sp³-hybridized carbons (Fsp3) is 0.400. The summed E-state index contributed by atoms with van der Waals surface area (Å²) in [6.45, 7) is 4.44. The van der Waals surface area contributed by atoms with Gasteiger partial charge < -0.3 is 9.64 Å². The smallest absolute Gasteiger partial charge is 0.223 e. The van der Waals surface area contributed by atoms with Gasteiger partial charge in [0.15, 0.2) is 0 Å². The van der Waals surface area contributed by atoms with Crippen LogP contribution in [0.3, 0.4) is 0 Å². The van der Waals surface area contributed by atoms with Crippen LogP contribution in [0.15, 0.2) is 36.9 Å². The van der Waals surface area contributed by atoms with E-state index in [0.29, 0.717) is 19.0 Å². The van der Waals surface area contributed by atoms with Gasteiger partial charge in [0.2, 0.25) is 5.91 Å². The lowest BCUT2D eigenvalue weighted by Crippen LogP contribution is -2.32. The largest absolute Gasteiger partial charge is 0.497 e. The van der Waals surface area contributed by atoms with Crippen molar-refractivity contribution < 1.29 is 9.53 Å². The third-order valence-electron chi connectivity index (χ3n) is 3.40. The lowest BCUT2D eigenvalue weighted by atomic mass is 10.1. The Morgan fingerprint density at radius 2 is 2.17 bits per heavy atom. The van der Waals surface area contributed by atoms with E-state index in [0.717, 1.165) is 24.2 Å². The molecule has 0 N–H and O–H groups in total. The monoisotopic (exact) mass is 245 g/mol. The number of hydrogen-bond donors (Lipinski definition) is 0. The first-order valence-corrected chi connectivity index (χ1v) is 6.28. The van der Waals surface area contributed by atoms with Crippen molar-refractivity contribution in [3.8, 4) is 5.75 Å². The molecule has 0 spiro atoms. The number of likely N-dealkylation sites (tertiary alicyclic amines) is 1. The molecule has 0 radical (unpaired) electrons. The summed E-state index contributed by atoms with van der Waals surface area (Å²) in [6.07, 6.45) is 4.38. The van der Waals surface area contributed by atoms with Gasteiger partial charge in [-0.25, -0.2) is 0 Å². The molecule has 1 saturated heterocycles. The van der Waals surface area contributed by atoms with E-state index in [1.807, 2.05) is 35.2 Å². The maximum atomic E-state index is 11.9. The molecule has 1 aliphatic heterocycles. The quantitative estimate of drug-likeness (QED) is 0.746. The maximum Gasteiger partial charge on any atom is 0.223 e. The van der Waals surface area contributed by atoms with Crippen molar-refractivity contribution in [2.75, 3.05) is 7.11 Å². The van der Waals surface area contributed by atoms with E-state index in [9.17, 15) is 4.79 Å². The molecule has 1 atom stereocenters. The molecule has 1 aromatic carbocycles. The summed E-state index contributed by atoms with van der Waals surface area (Å²) >= 11 is 0. The normalized spacial score (nSPS) is 19.1. The maximum absolute atomic E-state index is 11.9. The molecule has 2 rings (SSSR count). The molecule has 1 unspecified atom stereocenters. The van der Waals surface area contributed by atoms with E-state index >= 15 is 0 Å². The van der Waals surface area contributed by atoms with Crippen molar-refractivity contribution in [2.45, 2.75) is 31.8 Å². The predicted molar refractivity (Wildman–Crippen MR) is 71.4 cm³/mol. The van der Waals surface area contributed by atoms with E-state index in [4.69, 9.17) is 4.74 Å². The summed E-state index contributed by atoms with van der Waals surface area (Å²) in [7, 11) is 1.65. The van der Waals surface area contributed by atoms with Crippen molar-refractivity contribution in [1.82, 2.24) is 4.90 Å². The molecule has 3 heteroatoms. The molecular formula is C15H19NO2. The topological polar surface area (TPSA) is 29.5 Å². The Morgan fingerprint density at radius 3 is 2.78 bits per heavy atom. The van der Waals surface area contributed by atoms with Gasteiger partial charge in [-0.2, -0.15) is 0 Å². The van der Waals surface area contributed by atoms with Gasteiger partial charge in [-0.15, -0.1) is 6.58 Å². The van der Waals surface area contributed by atoms with Gasteiger partial charge in [0.1, 0.15) is 5.75 Å². The van der Waals surface area contributed by atoms with Crippen LogP contribution in [0.1, 0.15) is 24.8 Å². The molecule has 0 bridgehead atoms. The zero-order valence-electron chi connectivity index (χ0n) is 10.8. The standard InChI is InChI=1S/C15H19NO2/c1-3-4-13-7-10-15(17)16(13)11-12-5-8-14(18-2)9-6-12/h3,5-6,8-9,13H,1,4,7,10-11H2,2H3. The highest BCUT2D eigenvalue weighted by Gasteiger charge is 2.29. The van der Waals surface area contributed by atoms with Gasteiger partial charge in [0.25, 0.3) is 0 Å². The second kappa shape index (κ2) is 5.71. The number of ether oxygens (including phenoxy) is 1. The number of nitrogens with zero attached hydrogens (tertiary/aromatic N) is 1. The van der Waals surface area contributed by atoms with E-state index in [1.165, 1.54) is 0 Å². The summed E-state index contributed by atoms with van der Waals surface area (Å²) in [6, 6.07) is 8.19. The third-order valence-corrected chi connectivity index (χ3v) is 3.40. The zero-order valence-corrected chi connectivity index (χ0v) is 10.8. The summed E-state index contributed by atoms with van der Waals surface area (Å²) in [5.41, 5.74) is 1.14. The highest BCUT2D eigenvalue weighted by atomic mass is 16.5. The average Bonchev–Trinajstić information content (AvgIpc) is 2.73. The zero-order chi connectivity index (χ0) is 13.0. The fourth-order valence-corrected chi connectivity index (χ4v) is 2.38. The molecular weight excluding hydrogens is 226 g/mol. The van der Waals surface area contributed by atoms with Crippen LogP contribution < -0.4 is 4.74 Å². The molecule has 1 heterocycles. The van der Waals surface area contributed by atoms with Crippen LogP contribution in [0.5, 0.6) is 5.75 Å². The molecule has 1 aromatic rings. The number of rotatable bonds is 5. The van der Waals surface area contributed by atoms with Gasteiger partial charge in [0, 0.05) is 19.0 Å². The Hall–Kier alpha value is -1.77. The number of methoxy groups -OCH3 is 1. The minimum Gasteiger partial charge on any atom is -0.497 e. The Balaban J connectivity index is 2.05. The molecule has 3 nitrogen and oxygen atoms in total. The Morgan fingerprint density at radius 1 is 1.44 bits per heavy atom. The van der Waals surface area contributed by atoms with Crippen molar-refractivity contribution in [3.63, 3.8) is 0 Å². The molecule has 1 aliphatic rings. The molecule has 0 aliphatic carbocycles. The second-order valence-corrected chi connectivity index (χ2v) is 4.59. The third kappa shape index (κ3) is 2.73. The van der Waals surface area contributed by atoms with Gasteiger partial charge in [-0.3, -0.25) is 4.79 Å². The van der Waals surface area contributed by atoms with Crippen molar-refractivity contribution >= 4 is 5.91 Å². The summed E-state index contributed by atoms with van der Waals surface area (Å²) in [5.74, 6) is 1.09. The molecule has 96 valence electrons. The van der Waals surface area contributed by atoms with E-state index in [1.54, 1.807) is 7.11 Å². The number of carbonyl (C=O) groups is 1. The van der Waals surface area contributed by atoms with Crippen LogP contribution in [-0.4, -0.2) is 24.0 Å². The number of carbonyl (C=O) groups excluding carboxylic acids is 1. The molecule has 1 amide bonds. The first-order valence-electron chi connectivity index (χ1n) is 6.28. The Kier molecular flexibility index (Phi) is 4.03. The van der Waals surface area contributed by atoms with Gasteiger partial charge >= 0.3 is 0 Å². The number of amides is 1. The Labute approximate surface area is 108 Å². The van der Waals surface area contributed by atoms with Crippen LogP contribution in [-0.2, 0) is 11.3 Å². The van der Waals surface area contributed by atoms with Crippen LogP contribution in [0.4, 0.5) is 0 Å². The minimum absolute atomic E-state index is 0.248. The van der Waals surface area contributed by atoms with Crippen LogP contribution >= 0.6 is 0 Å². The van der Waals surface area contributed by atoms with Crippen LogP contribution in [0, 0.1) is 0 Å². The first-order chi connectivity index (χ1) is 8.74. The van der Waals surface area contributed by atoms with Crippen molar-refractivity contribution in [3.05, 3.63) is 42.5 Å². The fourth-order valence-electron chi connectivity index (χ4n) is 2.38. The first kappa shape index (κ1) is 12.7. The second-order valence-electron chi connectivity index (χ2n) is 4.59. The van der Waals surface area contributed by atoms with E-state index in [-0.39, 0.29) is 5.91 Å². The van der Waals surface area contributed by atoms with Crippen molar-refractivity contribution in [1.29, 1.82) is 0 Å². The predicted octanol–water partition coefficient (Wildman–Crippen LogP) is 2.76. The molecule has 0 aromatic heterocycles. The summed E-state index contributed by atoms with van der Waals surface area (Å²) < 4.78 is 5.13. The van der Waals surface area contributed by atoms with E-state index < -0.39 is 0 Å². The Bertz CT molecular complexity index is 425. The molecule has 0 saturated carbocycles. The number of hydrogen-bond acceptors (Lipinski definition) is 2. The lowest BCUT2D eigenvalue weighted by molar-refractivity contribution is -0.129. The SMILES string of the molecule is C=CCC1CCC(=O)N1Cc1ccc(OC)cc1. The number of benzene rings is 1. The highest BCUT2D eigenvalue weighted by molar-refractivity contribution is 5.78. The van der Waals surface area contributed by atoms with Gasteiger partial charge in [0.05, 0.1) is 7.11 Å². The van der Waals surface area contributed by atoms with Crippen molar-refractivity contribution in [2.24, 2.45) is 0 Å². The van der Waals surface area contributed by atoms with Crippen LogP contribution in [0.2, 0.25) is 0 Å². The minimum atomic E-state index is 0.248. The van der Waals surface area contributed by atoms with Crippen LogP contribution in [0.25, 0.3) is 0 Å². The summed E-state index contributed by atoms with van der Waals surface area (Å²) in [5, 5.41) is 0. The summed E-state index contributed by atoms with van der Waals surface area (Å²) in [4.78, 5) is 13.8. The lowest BCUT2D eigenvalue weighted by Gasteiger charge is -2.24. The van der Waals surface area contributed by atoms with Gasteiger partial charge in [-0.05, 0) is 30.5 Å². The molecule has 18 heavy (non-hydrogen) atoms. The highest BCUT2D eigenvalue weighted by Crippen LogP contribution is 2.24. The van der Waals surface area contributed by atoms with Gasteiger partial charge in [-0.1, -0.05) is 18.2 Å².